The van der Waals surface area contributed by atoms with E-state index in [1.807, 2.05) is 0 Å². The molecule has 0 bridgehead atoms. The minimum Gasteiger partial charge on any atom is -0.423 e. The van der Waals surface area contributed by atoms with E-state index < -0.39 is 27.7 Å². The van der Waals surface area contributed by atoms with E-state index in [0.717, 1.165) is 4.31 Å². The summed E-state index contributed by atoms with van der Waals surface area (Å²) in [5, 5.41) is 0. The third kappa shape index (κ3) is 2.98. The van der Waals surface area contributed by atoms with Gasteiger partial charge in [-0.2, -0.15) is 9.29 Å². The quantitative estimate of drug-likeness (QED) is 0.630. The van der Waals surface area contributed by atoms with Gasteiger partial charge in [0, 0.05) is 25.6 Å². The van der Waals surface area contributed by atoms with Crippen LogP contribution in [0.25, 0.3) is 11.1 Å². The van der Waals surface area contributed by atoms with Gasteiger partial charge in [-0.3, -0.25) is 0 Å². The zero-order chi connectivity index (χ0) is 20.9. The van der Waals surface area contributed by atoms with Crippen molar-refractivity contribution < 1.29 is 26.4 Å². The molecule has 0 amide bonds. The number of rotatable bonds is 3. The van der Waals surface area contributed by atoms with Crippen molar-refractivity contribution in [1.29, 1.82) is 0 Å². The summed E-state index contributed by atoms with van der Waals surface area (Å²) in [4.78, 5) is 5.93. The monoisotopic (exact) mass is 435 g/mol. The van der Waals surface area contributed by atoms with Gasteiger partial charge in [0.05, 0.1) is 18.0 Å². The van der Waals surface area contributed by atoms with Gasteiger partial charge in [-0.25, -0.2) is 17.2 Å². The highest BCUT2D eigenvalue weighted by atomic mass is 32.2. The number of hydrogen-bond acceptors (Lipinski definition) is 6. The van der Waals surface area contributed by atoms with Crippen LogP contribution in [-0.4, -0.2) is 55.8 Å². The number of nitrogens with zero attached hydrogens (tertiary/aromatic N) is 3. The lowest BCUT2D eigenvalue weighted by atomic mass is 9.99. The molecule has 0 saturated carbocycles. The summed E-state index contributed by atoms with van der Waals surface area (Å²) in [5.41, 5.74) is -0.831. The second kappa shape index (κ2) is 7.00. The molecule has 2 atom stereocenters. The summed E-state index contributed by atoms with van der Waals surface area (Å²) < 4.78 is 67.7. The third-order valence-corrected chi connectivity index (χ3v) is 7.56. The third-order valence-electron chi connectivity index (χ3n) is 5.62. The van der Waals surface area contributed by atoms with Crippen LogP contribution in [0.1, 0.15) is 6.42 Å². The number of sulfonamides is 1. The average molecular weight is 435 g/mol. The van der Waals surface area contributed by atoms with E-state index in [4.69, 9.17) is 9.15 Å². The van der Waals surface area contributed by atoms with Crippen LogP contribution in [0.3, 0.4) is 0 Å². The summed E-state index contributed by atoms with van der Waals surface area (Å²) >= 11 is 0. The molecule has 5 rings (SSSR count). The highest BCUT2D eigenvalue weighted by molar-refractivity contribution is 7.89. The fraction of sp³-hybridized carbons (Fsp3) is 0.350. The van der Waals surface area contributed by atoms with Gasteiger partial charge < -0.3 is 14.1 Å². The molecule has 0 N–H and O–H groups in total. The van der Waals surface area contributed by atoms with Gasteiger partial charge in [-0.1, -0.05) is 18.2 Å². The number of hydrogen-bond donors (Lipinski definition) is 0. The summed E-state index contributed by atoms with van der Waals surface area (Å²) in [6.45, 7) is 0.321. The number of aromatic nitrogens is 1. The Hall–Kier alpha value is -2.56. The Kier molecular flexibility index (Phi) is 4.53. The van der Waals surface area contributed by atoms with Crippen LogP contribution < -0.4 is 4.90 Å². The molecule has 0 radical (unpaired) electrons. The maximum Gasteiger partial charge on any atom is 0.298 e. The van der Waals surface area contributed by atoms with E-state index in [0.29, 0.717) is 11.1 Å². The van der Waals surface area contributed by atoms with Crippen molar-refractivity contribution in [2.24, 2.45) is 0 Å². The molecule has 7 nitrogen and oxygen atoms in total. The number of ether oxygens (including phenoxy) is 1. The molecule has 2 aliphatic rings. The topological polar surface area (TPSA) is 75.9 Å². The summed E-state index contributed by atoms with van der Waals surface area (Å²) in [6, 6.07) is 12.1. The second-order valence-corrected chi connectivity index (χ2v) is 9.22. The SMILES string of the molecule is O=S(=O)(c1ccccc1)N1CCO[C@]12CCN(c1nc3cc(F)ccc3o1)C[C@@H]2F. The number of fused-ring (bicyclic) bond motifs is 1. The maximum atomic E-state index is 15.5. The molecule has 0 unspecified atom stereocenters. The van der Waals surface area contributed by atoms with Gasteiger partial charge in [0.1, 0.15) is 11.3 Å². The fourth-order valence-electron chi connectivity index (χ4n) is 4.13. The van der Waals surface area contributed by atoms with Gasteiger partial charge >= 0.3 is 0 Å². The first-order valence-electron chi connectivity index (χ1n) is 9.57. The van der Waals surface area contributed by atoms with Crippen molar-refractivity contribution in [2.45, 2.75) is 23.2 Å². The van der Waals surface area contributed by atoms with Crippen molar-refractivity contribution >= 4 is 27.1 Å². The summed E-state index contributed by atoms with van der Waals surface area (Å²) in [5.74, 6) is -0.440. The Bertz CT molecular complexity index is 1190. The van der Waals surface area contributed by atoms with Crippen LogP contribution in [-0.2, 0) is 14.8 Å². The molecule has 30 heavy (non-hydrogen) atoms. The molecule has 10 heteroatoms. The predicted molar refractivity (Wildman–Crippen MR) is 105 cm³/mol. The lowest BCUT2D eigenvalue weighted by Gasteiger charge is -2.44. The lowest BCUT2D eigenvalue weighted by molar-refractivity contribution is -0.116. The smallest absolute Gasteiger partial charge is 0.298 e. The molecule has 2 fully saturated rings. The Labute approximate surface area is 171 Å². The van der Waals surface area contributed by atoms with Crippen molar-refractivity contribution in [3.63, 3.8) is 0 Å². The Morgan fingerprint density at radius 3 is 2.70 bits per heavy atom. The Balaban J connectivity index is 1.42. The second-order valence-electron chi connectivity index (χ2n) is 7.36. The average Bonchev–Trinajstić information content (AvgIpc) is 3.36. The van der Waals surface area contributed by atoms with E-state index >= 15 is 4.39 Å². The van der Waals surface area contributed by atoms with Gasteiger partial charge in [-0.05, 0) is 24.3 Å². The van der Waals surface area contributed by atoms with Crippen molar-refractivity contribution in [3.8, 4) is 0 Å². The molecule has 2 saturated heterocycles. The maximum absolute atomic E-state index is 15.5. The first-order chi connectivity index (χ1) is 14.4. The van der Waals surface area contributed by atoms with E-state index in [9.17, 15) is 12.8 Å². The normalized spacial score (nSPS) is 25.4. The molecule has 2 aliphatic heterocycles. The zero-order valence-corrected chi connectivity index (χ0v) is 16.7. The van der Waals surface area contributed by atoms with Crippen molar-refractivity contribution in [2.75, 3.05) is 31.1 Å². The van der Waals surface area contributed by atoms with Crippen LogP contribution in [0.5, 0.6) is 0 Å². The lowest BCUT2D eigenvalue weighted by Crippen LogP contribution is -2.62. The number of benzene rings is 2. The van der Waals surface area contributed by atoms with E-state index in [-0.39, 0.29) is 43.6 Å². The molecule has 3 heterocycles. The van der Waals surface area contributed by atoms with Gasteiger partial charge in [0.15, 0.2) is 17.5 Å². The molecule has 2 aromatic carbocycles. The Morgan fingerprint density at radius 1 is 1.13 bits per heavy atom. The zero-order valence-electron chi connectivity index (χ0n) is 15.9. The first-order valence-corrected chi connectivity index (χ1v) is 11.0. The molecular formula is C20H19F2N3O4S. The highest BCUT2D eigenvalue weighted by Crippen LogP contribution is 2.41. The highest BCUT2D eigenvalue weighted by Gasteiger charge is 2.57. The van der Waals surface area contributed by atoms with Crippen LogP contribution in [0.4, 0.5) is 14.8 Å². The fourth-order valence-corrected chi connectivity index (χ4v) is 5.87. The minimum absolute atomic E-state index is 0.0831. The molecular weight excluding hydrogens is 416 g/mol. The van der Waals surface area contributed by atoms with E-state index in [1.165, 1.54) is 30.3 Å². The molecule has 158 valence electrons. The number of piperidine rings is 1. The van der Waals surface area contributed by atoms with Crippen LogP contribution >= 0.6 is 0 Å². The predicted octanol–water partition coefficient (Wildman–Crippen LogP) is 2.93. The van der Waals surface area contributed by atoms with Crippen LogP contribution in [0, 0.1) is 5.82 Å². The number of oxazole rings is 1. The van der Waals surface area contributed by atoms with Gasteiger partial charge in [0.2, 0.25) is 10.0 Å². The standard InChI is InChI=1S/C20H19F2N3O4S/c21-14-6-7-17-16(12-14)23-19(29-17)24-9-8-20(18(22)13-24)25(10-11-28-20)30(26,27)15-4-2-1-3-5-15/h1-7,12,18H,8-11,13H2/t18-,20-/m0/s1. The number of alkyl halides is 1. The molecule has 1 spiro atoms. The van der Waals surface area contributed by atoms with Gasteiger partial charge in [-0.15, -0.1) is 0 Å². The van der Waals surface area contributed by atoms with E-state index in [2.05, 4.69) is 4.98 Å². The number of anilines is 1. The minimum atomic E-state index is -3.92. The Morgan fingerprint density at radius 2 is 1.93 bits per heavy atom. The number of halogens is 2. The van der Waals surface area contributed by atoms with Crippen LogP contribution in [0.15, 0.2) is 57.8 Å². The molecule has 3 aromatic rings. The summed E-state index contributed by atoms with van der Waals surface area (Å²) in [6.07, 6.45) is -1.52. The molecule has 0 aliphatic carbocycles. The summed E-state index contributed by atoms with van der Waals surface area (Å²) in [7, 11) is -3.92. The van der Waals surface area contributed by atoms with Crippen molar-refractivity contribution in [3.05, 3.63) is 54.3 Å². The van der Waals surface area contributed by atoms with E-state index in [1.54, 1.807) is 23.1 Å². The van der Waals surface area contributed by atoms with Crippen molar-refractivity contribution in [1.82, 2.24) is 9.29 Å². The largest absolute Gasteiger partial charge is 0.423 e. The van der Waals surface area contributed by atoms with Gasteiger partial charge in [0.25, 0.3) is 6.01 Å². The first kappa shape index (κ1) is 19.4. The van der Waals surface area contributed by atoms with Crippen LogP contribution in [0.2, 0.25) is 0 Å². The molecule has 1 aromatic heterocycles.